The minimum Gasteiger partial charge on any atom is -0.687 e. The fourth-order valence-electron chi connectivity index (χ4n) is 1.61. The van der Waals surface area contributed by atoms with E-state index >= 15 is 0 Å². The fourth-order valence-corrected chi connectivity index (χ4v) is 1.61. The van der Waals surface area contributed by atoms with E-state index in [4.69, 9.17) is 0 Å². The smallest absolute Gasteiger partial charge is 0 e. The van der Waals surface area contributed by atoms with Gasteiger partial charge in [0.05, 0.1) is 0 Å². The largest absolute Gasteiger partial charge is 0.687 e. The van der Waals surface area contributed by atoms with Crippen molar-refractivity contribution < 1.29 is 65.4 Å². The summed E-state index contributed by atoms with van der Waals surface area (Å²) in [6.07, 6.45) is 0. The van der Waals surface area contributed by atoms with Gasteiger partial charge in [0.25, 0.3) is 0 Å². The van der Waals surface area contributed by atoms with Crippen LogP contribution in [0.2, 0.25) is 0 Å². The first kappa shape index (κ1) is 18.2. The molecular weight excluding hydrogens is 374 g/mol. The summed E-state index contributed by atoms with van der Waals surface area (Å²) < 4.78 is 0. The maximum Gasteiger partial charge on any atom is 0 e. The molecule has 0 aromatic heterocycles. The second-order valence-corrected chi connectivity index (χ2v) is 3.54. The normalized spacial score (nSPS) is 8.78. The number of nitrogens with zero attached hydrogens (tertiary/aromatic N) is 2. The van der Waals surface area contributed by atoms with Crippen molar-refractivity contribution in [3.63, 3.8) is 0 Å². The van der Waals surface area contributed by atoms with Crippen molar-refractivity contribution in [2.24, 2.45) is 0 Å². The Morgan fingerprint density at radius 2 is 0.833 bits per heavy atom. The van der Waals surface area contributed by atoms with Gasteiger partial charge in [-0.25, -0.2) is 0 Å². The summed E-state index contributed by atoms with van der Waals surface area (Å²) in [5.41, 5.74) is 4.41. The molecule has 2 radical (unpaired) electrons. The van der Waals surface area contributed by atoms with Gasteiger partial charge in [-0.15, -0.1) is 25.5 Å². The molecule has 88 valence electrons. The van der Waals surface area contributed by atoms with E-state index in [2.05, 4.69) is 34.9 Å². The van der Waals surface area contributed by atoms with Gasteiger partial charge in [-0.05, 0) is 11.1 Å². The van der Waals surface area contributed by atoms with Crippen molar-refractivity contribution in [3.05, 3.63) is 59.2 Å². The van der Waals surface area contributed by atoms with Gasteiger partial charge in [-0.2, -0.15) is 0 Å². The van der Waals surface area contributed by atoms with Crippen LogP contribution >= 0.6 is 0 Å². The zero-order chi connectivity index (χ0) is 11.4. The third-order valence-corrected chi connectivity index (χ3v) is 2.58. The molecule has 0 saturated carbocycles. The van der Waals surface area contributed by atoms with Gasteiger partial charge in [-0.3, -0.25) is 0 Å². The first-order valence-corrected chi connectivity index (χ1v) is 5.23. The Hall–Kier alpha value is 0.248. The van der Waals surface area contributed by atoms with Gasteiger partial charge in [0.15, 0.2) is 0 Å². The standard InChI is InChI=1S/C14H14N2.2Y/c1-15-13-7-3-11(4-8-13)12-5-9-14(16-2)10-6-12;;/h3-10H,1-2H3;;/q-2;;. The van der Waals surface area contributed by atoms with Crippen LogP contribution in [0.1, 0.15) is 0 Å². The topological polar surface area (TPSA) is 28.2 Å². The quantitative estimate of drug-likeness (QED) is 0.735. The van der Waals surface area contributed by atoms with Crippen LogP contribution in [0.3, 0.4) is 0 Å². The van der Waals surface area contributed by atoms with Crippen LogP contribution in [-0.2, 0) is 65.4 Å². The summed E-state index contributed by atoms with van der Waals surface area (Å²) >= 11 is 0. The van der Waals surface area contributed by atoms with E-state index in [1.54, 1.807) is 14.1 Å². The number of hydrogen-bond acceptors (Lipinski definition) is 0. The van der Waals surface area contributed by atoms with Crippen molar-refractivity contribution >= 4 is 11.4 Å². The van der Waals surface area contributed by atoms with E-state index in [1.807, 2.05) is 24.3 Å². The molecule has 4 heteroatoms. The maximum atomic E-state index is 4.12. The summed E-state index contributed by atoms with van der Waals surface area (Å²) in [4.78, 5) is 0. The molecule has 0 aliphatic carbocycles. The van der Waals surface area contributed by atoms with E-state index in [0.29, 0.717) is 0 Å². The van der Waals surface area contributed by atoms with Crippen LogP contribution in [0.4, 0.5) is 11.4 Å². The Morgan fingerprint density at radius 1 is 0.556 bits per heavy atom. The molecule has 0 fully saturated rings. The van der Waals surface area contributed by atoms with Crippen LogP contribution in [0.5, 0.6) is 0 Å². The molecular formula is C14H14N2Y2-2. The second-order valence-electron chi connectivity index (χ2n) is 3.54. The molecule has 0 unspecified atom stereocenters. The molecule has 0 bridgehead atoms. The molecule has 2 nitrogen and oxygen atoms in total. The molecule has 2 aromatic carbocycles. The molecule has 0 spiro atoms. The Kier molecular flexibility index (Phi) is 9.33. The van der Waals surface area contributed by atoms with Gasteiger partial charge < -0.3 is 10.6 Å². The van der Waals surface area contributed by atoms with Crippen LogP contribution in [0.25, 0.3) is 21.8 Å². The van der Waals surface area contributed by atoms with E-state index in [-0.39, 0.29) is 65.4 Å². The Morgan fingerprint density at radius 3 is 1.06 bits per heavy atom. The fraction of sp³-hybridized carbons (Fsp3) is 0.143. The number of rotatable bonds is 3. The minimum absolute atomic E-state index is 0. The predicted octanol–water partition coefficient (Wildman–Crippen LogP) is 4.62. The molecule has 0 amide bonds. The van der Waals surface area contributed by atoms with E-state index < -0.39 is 0 Å². The molecule has 0 aliphatic heterocycles. The first-order chi connectivity index (χ1) is 7.83. The van der Waals surface area contributed by atoms with Gasteiger partial charge in [0.1, 0.15) is 0 Å². The van der Waals surface area contributed by atoms with Gasteiger partial charge in [-0.1, -0.05) is 48.5 Å². The maximum absolute atomic E-state index is 4.12. The van der Waals surface area contributed by atoms with Crippen molar-refractivity contribution in [3.8, 4) is 11.1 Å². The van der Waals surface area contributed by atoms with Crippen LogP contribution < -0.4 is 0 Å². The summed E-state index contributed by atoms with van der Waals surface area (Å²) in [6, 6.07) is 16.4. The second kappa shape index (κ2) is 9.20. The average Bonchev–Trinajstić information content (AvgIpc) is 2.39. The molecule has 18 heavy (non-hydrogen) atoms. The summed E-state index contributed by atoms with van der Waals surface area (Å²) in [6.45, 7) is 0. The van der Waals surface area contributed by atoms with Gasteiger partial charge in [0, 0.05) is 65.4 Å². The van der Waals surface area contributed by atoms with Crippen molar-refractivity contribution in [2.45, 2.75) is 0 Å². The van der Waals surface area contributed by atoms with Gasteiger partial charge >= 0.3 is 0 Å². The van der Waals surface area contributed by atoms with Crippen LogP contribution in [-0.4, -0.2) is 14.1 Å². The van der Waals surface area contributed by atoms with E-state index in [9.17, 15) is 0 Å². The van der Waals surface area contributed by atoms with Crippen molar-refractivity contribution in [2.75, 3.05) is 14.1 Å². The molecule has 2 rings (SSSR count). The monoisotopic (exact) mass is 388 g/mol. The van der Waals surface area contributed by atoms with Crippen LogP contribution in [0, 0.1) is 0 Å². The Balaban J connectivity index is 0.00000144. The Labute approximate surface area is 159 Å². The average molecular weight is 388 g/mol. The first-order valence-electron chi connectivity index (χ1n) is 5.23. The third kappa shape index (κ3) is 4.73. The minimum atomic E-state index is 0. The number of benzene rings is 2. The zero-order valence-electron chi connectivity index (χ0n) is 10.7. The summed E-state index contributed by atoms with van der Waals surface area (Å²) in [7, 11) is 3.60. The Bertz CT molecular complexity index is 407. The summed E-state index contributed by atoms with van der Waals surface area (Å²) in [5.74, 6) is 0. The predicted molar refractivity (Wildman–Crippen MR) is 69.8 cm³/mol. The van der Waals surface area contributed by atoms with Gasteiger partial charge in [0.2, 0.25) is 0 Å². The van der Waals surface area contributed by atoms with Crippen molar-refractivity contribution in [1.82, 2.24) is 0 Å². The zero-order valence-corrected chi connectivity index (χ0v) is 16.3. The molecule has 0 saturated heterocycles. The van der Waals surface area contributed by atoms with Crippen LogP contribution in [0.15, 0.2) is 48.5 Å². The van der Waals surface area contributed by atoms with E-state index in [0.717, 1.165) is 11.4 Å². The molecule has 0 atom stereocenters. The summed E-state index contributed by atoms with van der Waals surface area (Å²) in [5, 5.41) is 8.24. The SMILES string of the molecule is C[N-]c1ccc(-c2ccc([N-]C)cc2)cc1.[Y].[Y]. The molecule has 0 N–H and O–H groups in total. The van der Waals surface area contributed by atoms with E-state index in [1.165, 1.54) is 11.1 Å². The molecule has 2 aromatic rings. The number of hydrogen-bond donors (Lipinski definition) is 0. The third-order valence-electron chi connectivity index (χ3n) is 2.58. The van der Waals surface area contributed by atoms with Crippen molar-refractivity contribution in [1.29, 1.82) is 0 Å². The molecule has 0 aliphatic rings. The molecule has 0 heterocycles.